The lowest BCUT2D eigenvalue weighted by atomic mass is 10.2. The maximum absolute atomic E-state index is 12.9. The standard InChI is InChI=1S/C21H21N3O4S/c1-13-7-8-14-5-4-6-19(20(14)22-13)29(26,27)23-21(25)18-11-15-9-10-16(24(2)3)12-17(15)28-18/h4-12,21,23,25H,1-3H3. The second kappa shape index (κ2) is 7.14. The highest BCUT2D eigenvalue weighted by Gasteiger charge is 2.24. The lowest BCUT2D eigenvalue weighted by Gasteiger charge is -2.13. The quantitative estimate of drug-likeness (QED) is 0.489. The lowest BCUT2D eigenvalue weighted by molar-refractivity contribution is 0.141. The summed E-state index contributed by atoms with van der Waals surface area (Å²) in [7, 11) is -0.220. The molecule has 0 saturated carbocycles. The first kappa shape index (κ1) is 19.4. The van der Waals surface area contributed by atoms with E-state index in [1.807, 2.05) is 49.3 Å². The van der Waals surface area contributed by atoms with E-state index in [4.69, 9.17) is 4.42 Å². The van der Waals surface area contributed by atoms with Crippen molar-refractivity contribution in [1.82, 2.24) is 9.71 Å². The van der Waals surface area contributed by atoms with E-state index in [-0.39, 0.29) is 10.7 Å². The number of aromatic nitrogens is 1. The monoisotopic (exact) mass is 411 g/mol. The molecule has 0 aliphatic carbocycles. The van der Waals surface area contributed by atoms with Crippen molar-refractivity contribution in [1.29, 1.82) is 0 Å². The van der Waals surface area contributed by atoms with Gasteiger partial charge >= 0.3 is 0 Å². The number of aliphatic hydroxyl groups excluding tert-OH is 1. The van der Waals surface area contributed by atoms with Crippen LogP contribution in [0.25, 0.3) is 21.9 Å². The average molecular weight is 411 g/mol. The lowest BCUT2D eigenvalue weighted by Crippen LogP contribution is -2.28. The topological polar surface area (TPSA) is 95.7 Å². The first-order chi connectivity index (χ1) is 13.7. The number of aliphatic hydroxyl groups is 1. The molecule has 7 nitrogen and oxygen atoms in total. The summed E-state index contributed by atoms with van der Waals surface area (Å²) >= 11 is 0. The molecule has 0 spiro atoms. The minimum Gasteiger partial charge on any atom is -0.457 e. The van der Waals surface area contributed by atoms with Crippen LogP contribution in [0.2, 0.25) is 0 Å². The van der Waals surface area contributed by atoms with Crippen LogP contribution in [0, 0.1) is 6.92 Å². The molecule has 0 saturated heterocycles. The van der Waals surface area contributed by atoms with Gasteiger partial charge in [-0.1, -0.05) is 18.2 Å². The van der Waals surface area contributed by atoms with Crippen LogP contribution in [-0.2, 0) is 10.0 Å². The third-order valence-corrected chi connectivity index (χ3v) is 6.13. The highest BCUT2D eigenvalue weighted by molar-refractivity contribution is 7.89. The van der Waals surface area contributed by atoms with Crippen molar-refractivity contribution in [3.05, 3.63) is 66.1 Å². The summed E-state index contributed by atoms with van der Waals surface area (Å²) < 4.78 is 33.9. The Balaban J connectivity index is 1.68. The molecular weight excluding hydrogens is 390 g/mol. The molecule has 4 aromatic rings. The van der Waals surface area contributed by atoms with Crippen LogP contribution in [0.15, 0.2) is 63.9 Å². The number of rotatable bonds is 5. The van der Waals surface area contributed by atoms with Crippen LogP contribution in [0.4, 0.5) is 5.69 Å². The largest absolute Gasteiger partial charge is 0.457 e. The Labute approximate surface area is 168 Å². The molecule has 1 atom stereocenters. The van der Waals surface area contributed by atoms with Gasteiger partial charge in [-0.3, -0.25) is 4.98 Å². The predicted molar refractivity (Wildman–Crippen MR) is 112 cm³/mol. The van der Waals surface area contributed by atoms with Crippen molar-refractivity contribution < 1.29 is 17.9 Å². The van der Waals surface area contributed by atoms with Gasteiger partial charge in [-0.05, 0) is 37.3 Å². The van der Waals surface area contributed by atoms with E-state index in [1.54, 1.807) is 25.1 Å². The SMILES string of the molecule is Cc1ccc2cccc(S(=O)(=O)NC(O)c3cc4ccc(N(C)C)cc4o3)c2n1. The Morgan fingerprint density at radius 1 is 1.07 bits per heavy atom. The first-order valence-electron chi connectivity index (χ1n) is 9.02. The van der Waals surface area contributed by atoms with Crippen molar-refractivity contribution in [2.75, 3.05) is 19.0 Å². The maximum atomic E-state index is 12.9. The van der Waals surface area contributed by atoms with Gasteiger partial charge in [-0.15, -0.1) is 0 Å². The van der Waals surface area contributed by atoms with Crippen LogP contribution in [0.3, 0.4) is 0 Å². The molecule has 150 valence electrons. The zero-order valence-corrected chi connectivity index (χ0v) is 17.1. The summed E-state index contributed by atoms with van der Waals surface area (Å²) in [6.07, 6.45) is -1.53. The van der Waals surface area contributed by atoms with E-state index in [2.05, 4.69) is 9.71 Å². The number of sulfonamides is 1. The van der Waals surface area contributed by atoms with Gasteiger partial charge in [0.25, 0.3) is 0 Å². The number of anilines is 1. The molecule has 2 aromatic heterocycles. The number of nitrogens with zero attached hydrogens (tertiary/aromatic N) is 2. The van der Waals surface area contributed by atoms with Crippen LogP contribution in [-0.4, -0.2) is 32.6 Å². The molecule has 1 unspecified atom stereocenters. The van der Waals surface area contributed by atoms with Gasteiger partial charge in [0.05, 0.1) is 5.52 Å². The van der Waals surface area contributed by atoms with Gasteiger partial charge in [0.15, 0.2) is 6.23 Å². The fraction of sp³-hybridized carbons (Fsp3) is 0.190. The van der Waals surface area contributed by atoms with Gasteiger partial charge in [0, 0.05) is 42.3 Å². The van der Waals surface area contributed by atoms with E-state index in [1.165, 1.54) is 6.07 Å². The summed E-state index contributed by atoms with van der Waals surface area (Å²) in [5.41, 5.74) is 2.56. The first-order valence-corrected chi connectivity index (χ1v) is 10.5. The molecule has 29 heavy (non-hydrogen) atoms. The third kappa shape index (κ3) is 3.69. The van der Waals surface area contributed by atoms with E-state index >= 15 is 0 Å². The summed E-state index contributed by atoms with van der Waals surface area (Å²) in [4.78, 5) is 6.28. The Bertz CT molecular complexity index is 1310. The number of benzene rings is 2. The zero-order valence-electron chi connectivity index (χ0n) is 16.2. The van der Waals surface area contributed by atoms with Crippen molar-refractivity contribution in [2.45, 2.75) is 18.0 Å². The van der Waals surface area contributed by atoms with Crippen LogP contribution < -0.4 is 9.62 Å². The van der Waals surface area contributed by atoms with Crippen LogP contribution >= 0.6 is 0 Å². The minimum atomic E-state index is -4.04. The number of hydrogen-bond acceptors (Lipinski definition) is 6. The molecular formula is C21H21N3O4S. The van der Waals surface area contributed by atoms with Gasteiger partial charge in [-0.25, -0.2) is 8.42 Å². The molecule has 8 heteroatoms. The Morgan fingerprint density at radius 2 is 1.83 bits per heavy atom. The third-order valence-electron chi connectivity index (χ3n) is 4.69. The molecule has 0 fully saturated rings. The van der Waals surface area contributed by atoms with E-state index in [9.17, 15) is 13.5 Å². The van der Waals surface area contributed by atoms with Gasteiger partial charge in [0.2, 0.25) is 10.0 Å². The number of hydrogen-bond donors (Lipinski definition) is 2. The Morgan fingerprint density at radius 3 is 2.59 bits per heavy atom. The summed E-state index contributed by atoms with van der Waals surface area (Å²) in [6, 6.07) is 15.8. The van der Waals surface area contributed by atoms with Crippen LogP contribution in [0.5, 0.6) is 0 Å². The molecule has 0 aliphatic rings. The number of pyridine rings is 1. The number of para-hydroxylation sites is 1. The molecule has 0 aliphatic heterocycles. The predicted octanol–water partition coefficient (Wildman–Crippen LogP) is 3.32. The smallest absolute Gasteiger partial charge is 0.245 e. The molecule has 2 N–H and O–H groups in total. The van der Waals surface area contributed by atoms with Crippen LogP contribution in [0.1, 0.15) is 17.7 Å². The number of fused-ring (bicyclic) bond motifs is 2. The molecule has 0 amide bonds. The average Bonchev–Trinajstić information content (AvgIpc) is 3.10. The Kier molecular flexibility index (Phi) is 4.77. The van der Waals surface area contributed by atoms with Crippen molar-refractivity contribution in [3.8, 4) is 0 Å². The molecule has 0 radical (unpaired) electrons. The fourth-order valence-electron chi connectivity index (χ4n) is 3.16. The van der Waals surface area contributed by atoms with Crippen molar-refractivity contribution in [3.63, 3.8) is 0 Å². The van der Waals surface area contributed by atoms with E-state index in [0.29, 0.717) is 22.2 Å². The fourth-order valence-corrected chi connectivity index (χ4v) is 4.37. The summed E-state index contributed by atoms with van der Waals surface area (Å²) in [5.74, 6) is 0.115. The summed E-state index contributed by atoms with van der Waals surface area (Å²) in [5, 5.41) is 12.0. The number of aryl methyl sites for hydroxylation is 1. The second-order valence-electron chi connectivity index (χ2n) is 7.07. The summed E-state index contributed by atoms with van der Waals surface area (Å²) in [6.45, 7) is 1.79. The van der Waals surface area contributed by atoms with Crippen molar-refractivity contribution >= 4 is 37.6 Å². The molecule has 2 heterocycles. The normalized spacial score (nSPS) is 13.1. The van der Waals surface area contributed by atoms with Gasteiger partial charge in [0.1, 0.15) is 16.2 Å². The van der Waals surface area contributed by atoms with Gasteiger partial charge < -0.3 is 14.4 Å². The highest BCUT2D eigenvalue weighted by atomic mass is 32.2. The van der Waals surface area contributed by atoms with E-state index < -0.39 is 16.3 Å². The highest BCUT2D eigenvalue weighted by Crippen LogP contribution is 2.28. The number of nitrogens with one attached hydrogen (secondary N) is 1. The second-order valence-corrected chi connectivity index (χ2v) is 8.75. The molecule has 2 aromatic carbocycles. The van der Waals surface area contributed by atoms with E-state index in [0.717, 1.165) is 11.1 Å². The molecule has 0 bridgehead atoms. The van der Waals surface area contributed by atoms with Gasteiger partial charge in [-0.2, -0.15) is 4.72 Å². The number of furan rings is 1. The Hall–Kier alpha value is -2.94. The zero-order chi connectivity index (χ0) is 20.8. The molecule has 4 rings (SSSR count). The van der Waals surface area contributed by atoms with Crippen molar-refractivity contribution in [2.24, 2.45) is 0 Å². The maximum Gasteiger partial charge on any atom is 0.245 e. The minimum absolute atomic E-state index is 0.00348.